The van der Waals surface area contributed by atoms with Gasteiger partial charge in [0.2, 0.25) is 10.0 Å². The molecule has 1 saturated heterocycles. The molecular weight excluding hydrogens is 465 g/mol. The molecule has 148 valence electrons. The first-order valence-electron chi connectivity index (χ1n) is 8.65. The van der Waals surface area contributed by atoms with Gasteiger partial charge in [-0.3, -0.25) is 9.89 Å². The van der Waals surface area contributed by atoms with Crippen LogP contribution in [0.1, 0.15) is 18.4 Å². The monoisotopic (exact) mass is 495 g/mol. The Morgan fingerprint density at radius 3 is 2.62 bits per heavy atom. The van der Waals surface area contributed by atoms with E-state index in [2.05, 4.69) is 49.5 Å². The van der Waals surface area contributed by atoms with Crippen LogP contribution in [0.15, 0.2) is 35.3 Å². The number of nitrogens with one attached hydrogen (secondary N) is 3. The summed E-state index contributed by atoms with van der Waals surface area (Å²) in [5.74, 6) is 0.696. The highest BCUT2D eigenvalue weighted by molar-refractivity contribution is 14.0. The number of hydrogen-bond donors (Lipinski definition) is 3. The molecule has 0 aliphatic carbocycles. The fourth-order valence-corrected chi connectivity index (χ4v) is 3.48. The van der Waals surface area contributed by atoms with Crippen molar-refractivity contribution in [3.8, 4) is 0 Å². The van der Waals surface area contributed by atoms with Gasteiger partial charge in [-0.2, -0.15) is 0 Å². The van der Waals surface area contributed by atoms with Gasteiger partial charge < -0.3 is 10.6 Å². The smallest absolute Gasteiger partial charge is 0.208 e. The van der Waals surface area contributed by atoms with Crippen LogP contribution in [0.3, 0.4) is 0 Å². The highest BCUT2D eigenvalue weighted by atomic mass is 127. The molecule has 1 aromatic carbocycles. The molecule has 26 heavy (non-hydrogen) atoms. The zero-order valence-corrected chi connectivity index (χ0v) is 18.6. The van der Waals surface area contributed by atoms with Crippen molar-refractivity contribution in [1.82, 2.24) is 20.3 Å². The summed E-state index contributed by atoms with van der Waals surface area (Å²) in [6, 6.07) is 11.0. The zero-order chi connectivity index (χ0) is 18.1. The molecule has 1 aliphatic heterocycles. The van der Waals surface area contributed by atoms with Gasteiger partial charge in [0.05, 0.1) is 6.26 Å². The van der Waals surface area contributed by atoms with E-state index in [-0.39, 0.29) is 24.0 Å². The number of hydrogen-bond acceptors (Lipinski definition) is 4. The second-order valence-corrected chi connectivity index (χ2v) is 8.13. The number of sulfonamides is 1. The van der Waals surface area contributed by atoms with Crippen molar-refractivity contribution < 1.29 is 8.42 Å². The lowest BCUT2D eigenvalue weighted by Gasteiger charge is -2.25. The molecule has 1 fully saturated rings. The van der Waals surface area contributed by atoms with E-state index in [0.717, 1.165) is 25.9 Å². The molecule has 0 spiro atoms. The number of aliphatic imine (C=N–C) groups is 1. The Hall–Kier alpha value is -0.910. The number of guanidine groups is 1. The first-order valence-corrected chi connectivity index (χ1v) is 10.5. The van der Waals surface area contributed by atoms with Gasteiger partial charge in [0, 0.05) is 39.3 Å². The Balaban J connectivity index is 0.00000338. The lowest BCUT2D eigenvalue weighted by Crippen LogP contribution is -2.46. The Kier molecular flexibility index (Phi) is 10.4. The number of halogens is 1. The van der Waals surface area contributed by atoms with Gasteiger partial charge in [0.25, 0.3) is 0 Å². The molecule has 1 heterocycles. The van der Waals surface area contributed by atoms with Crippen molar-refractivity contribution in [3.05, 3.63) is 35.9 Å². The quantitative estimate of drug-likeness (QED) is 0.217. The van der Waals surface area contributed by atoms with Crippen LogP contribution in [-0.2, 0) is 16.6 Å². The number of rotatable bonds is 8. The highest BCUT2D eigenvalue weighted by Crippen LogP contribution is 2.19. The Labute approximate surface area is 174 Å². The van der Waals surface area contributed by atoms with E-state index in [1.807, 2.05) is 6.07 Å². The van der Waals surface area contributed by atoms with Crippen LogP contribution in [0, 0.1) is 0 Å². The van der Waals surface area contributed by atoms with Crippen LogP contribution in [0.25, 0.3) is 0 Å². The van der Waals surface area contributed by atoms with E-state index in [9.17, 15) is 8.42 Å². The topological polar surface area (TPSA) is 85.8 Å². The summed E-state index contributed by atoms with van der Waals surface area (Å²) >= 11 is 0. The minimum Gasteiger partial charge on any atom is -0.355 e. The van der Waals surface area contributed by atoms with Gasteiger partial charge in [-0.25, -0.2) is 13.1 Å². The molecule has 0 saturated carbocycles. The second-order valence-electron chi connectivity index (χ2n) is 6.30. The van der Waals surface area contributed by atoms with Crippen LogP contribution in [-0.4, -0.2) is 64.8 Å². The minimum atomic E-state index is -3.15. The Morgan fingerprint density at radius 1 is 1.23 bits per heavy atom. The second kappa shape index (κ2) is 11.7. The summed E-state index contributed by atoms with van der Waals surface area (Å²) in [5.41, 5.74) is 1.34. The summed E-state index contributed by atoms with van der Waals surface area (Å²) in [4.78, 5) is 6.69. The first-order chi connectivity index (χ1) is 12.0. The van der Waals surface area contributed by atoms with Gasteiger partial charge in [0.1, 0.15) is 0 Å². The lowest BCUT2D eigenvalue weighted by molar-refractivity contribution is 0.245. The summed E-state index contributed by atoms with van der Waals surface area (Å²) in [6.07, 6.45) is 3.54. The van der Waals surface area contributed by atoms with E-state index in [1.54, 1.807) is 7.05 Å². The van der Waals surface area contributed by atoms with E-state index >= 15 is 0 Å². The van der Waals surface area contributed by atoms with Gasteiger partial charge in [0.15, 0.2) is 5.96 Å². The molecule has 1 aliphatic rings. The van der Waals surface area contributed by atoms with Crippen molar-refractivity contribution in [2.45, 2.75) is 25.4 Å². The summed E-state index contributed by atoms with van der Waals surface area (Å²) in [6.45, 7) is 3.74. The van der Waals surface area contributed by atoms with Crippen LogP contribution < -0.4 is 15.4 Å². The van der Waals surface area contributed by atoms with E-state index in [0.29, 0.717) is 25.1 Å². The van der Waals surface area contributed by atoms with Gasteiger partial charge in [-0.15, -0.1) is 24.0 Å². The van der Waals surface area contributed by atoms with Crippen molar-refractivity contribution in [3.63, 3.8) is 0 Å². The van der Waals surface area contributed by atoms with Crippen LogP contribution in [0.5, 0.6) is 0 Å². The number of benzene rings is 1. The molecule has 9 heteroatoms. The van der Waals surface area contributed by atoms with Crippen molar-refractivity contribution in [1.29, 1.82) is 0 Å². The van der Waals surface area contributed by atoms with Crippen molar-refractivity contribution in [2.24, 2.45) is 4.99 Å². The maximum atomic E-state index is 11.0. The molecule has 1 aromatic rings. The SMILES string of the molecule is CN=C(NCCNS(C)(=O)=O)NCC1CCCN1Cc1ccccc1.I. The first kappa shape index (κ1) is 23.1. The molecule has 1 atom stereocenters. The Morgan fingerprint density at radius 2 is 1.96 bits per heavy atom. The summed E-state index contributed by atoms with van der Waals surface area (Å²) in [7, 11) is -1.43. The van der Waals surface area contributed by atoms with Crippen LogP contribution in [0.2, 0.25) is 0 Å². The number of nitrogens with zero attached hydrogens (tertiary/aromatic N) is 2. The fourth-order valence-electron chi connectivity index (χ4n) is 3.00. The predicted octanol–water partition coefficient (Wildman–Crippen LogP) is 0.983. The van der Waals surface area contributed by atoms with Crippen LogP contribution in [0.4, 0.5) is 0 Å². The summed E-state index contributed by atoms with van der Waals surface area (Å²) < 4.78 is 24.5. The lowest BCUT2D eigenvalue weighted by atomic mass is 10.2. The molecule has 3 N–H and O–H groups in total. The van der Waals surface area contributed by atoms with Gasteiger partial charge in [-0.1, -0.05) is 30.3 Å². The van der Waals surface area contributed by atoms with Gasteiger partial charge in [-0.05, 0) is 24.9 Å². The molecule has 0 amide bonds. The average molecular weight is 495 g/mol. The predicted molar refractivity (Wildman–Crippen MR) is 117 cm³/mol. The third-order valence-electron chi connectivity index (χ3n) is 4.24. The molecule has 0 aromatic heterocycles. The third kappa shape index (κ3) is 8.65. The van der Waals surface area contributed by atoms with E-state index in [1.165, 1.54) is 18.4 Å². The highest BCUT2D eigenvalue weighted by Gasteiger charge is 2.24. The summed E-state index contributed by atoms with van der Waals surface area (Å²) in [5, 5.41) is 6.47. The standard InChI is InChI=1S/C17H29N5O2S.HI/c1-18-17(19-10-11-21-25(2,23)24)20-13-16-9-6-12-22(16)14-15-7-4-3-5-8-15;/h3-5,7-8,16,21H,6,9-14H2,1-2H3,(H2,18,19,20);1H. The van der Waals surface area contributed by atoms with Crippen molar-refractivity contribution >= 4 is 40.0 Å². The average Bonchev–Trinajstić information content (AvgIpc) is 3.01. The maximum absolute atomic E-state index is 11.0. The molecule has 7 nitrogen and oxygen atoms in total. The third-order valence-corrected chi connectivity index (χ3v) is 4.97. The molecule has 1 unspecified atom stereocenters. The van der Waals surface area contributed by atoms with E-state index in [4.69, 9.17) is 0 Å². The van der Waals surface area contributed by atoms with Crippen molar-refractivity contribution in [2.75, 3.05) is 39.5 Å². The van der Waals surface area contributed by atoms with E-state index < -0.39 is 10.0 Å². The maximum Gasteiger partial charge on any atom is 0.208 e. The molecular formula is C17H30IN5O2S. The Bertz CT molecular complexity index is 654. The molecule has 0 radical (unpaired) electrons. The van der Waals surface area contributed by atoms with Crippen LogP contribution >= 0.6 is 24.0 Å². The molecule has 2 rings (SSSR count). The largest absolute Gasteiger partial charge is 0.355 e. The fraction of sp³-hybridized carbons (Fsp3) is 0.588. The number of likely N-dealkylation sites (tertiary alicyclic amines) is 1. The zero-order valence-electron chi connectivity index (χ0n) is 15.4. The van der Waals surface area contributed by atoms with Gasteiger partial charge >= 0.3 is 0 Å². The molecule has 0 bridgehead atoms. The normalized spacial score (nSPS) is 18.4. The minimum absolute atomic E-state index is 0.